The molecular formula is C26H50O4. The van der Waals surface area contributed by atoms with Crippen LogP contribution < -0.4 is 0 Å². The normalized spacial score (nSPS) is 13.3. The molecule has 4 nitrogen and oxygen atoms in total. The number of aldehydes is 2. The number of carbonyl (C=O) groups is 2. The van der Waals surface area contributed by atoms with Crippen LogP contribution in [0.1, 0.15) is 142 Å². The molecule has 0 aromatic carbocycles. The van der Waals surface area contributed by atoms with Crippen molar-refractivity contribution < 1.29 is 19.4 Å². The second-order valence-electron chi connectivity index (χ2n) is 8.78. The van der Waals surface area contributed by atoms with E-state index in [0.29, 0.717) is 12.8 Å². The molecule has 178 valence electrons. The second-order valence-corrected chi connectivity index (χ2v) is 8.78. The Labute approximate surface area is 186 Å². The minimum Gasteiger partial charge on any atom is -0.300 e. The van der Waals surface area contributed by atoms with Gasteiger partial charge >= 0.3 is 0 Å². The molecule has 2 unspecified atom stereocenters. The number of unbranched alkanes of at least 4 members (excludes halogenated alkanes) is 16. The van der Waals surface area contributed by atoms with Gasteiger partial charge in [0, 0.05) is 0 Å². The summed E-state index contributed by atoms with van der Waals surface area (Å²) in [4.78, 5) is 32.9. The molecule has 0 aromatic rings. The van der Waals surface area contributed by atoms with E-state index in [1.807, 2.05) is 0 Å². The van der Waals surface area contributed by atoms with Gasteiger partial charge < -0.3 is 9.59 Å². The maximum Gasteiger partial charge on any atom is 0.152 e. The molecule has 0 spiro atoms. The Hall–Kier alpha value is -0.740. The zero-order valence-corrected chi connectivity index (χ0v) is 20.1. The van der Waals surface area contributed by atoms with Crippen LogP contribution in [0, 0.1) is 0 Å². The average Bonchev–Trinajstić information content (AvgIpc) is 2.77. The van der Waals surface area contributed by atoms with Crippen LogP contribution in [-0.2, 0) is 19.4 Å². The van der Waals surface area contributed by atoms with E-state index in [1.165, 1.54) is 89.9 Å². The van der Waals surface area contributed by atoms with Gasteiger partial charge in [0.25, 0.3) is 0 Å². The van der Waals surface area contributed by atoms with Crippen molar-refractivity contribution in [2.75, 3.05) is 0 Å². The van der Waals surface area contributed by atoms with Crippen LogP contribution in [0.2, 0.25) is 0 Å². The molecule has 0 aromatic heterocycles. The smallest absolute Gasteiger partial charge is 0.152 e. The largest absolute Gasteiger partial charge is 0.300 e. The second kappa shape index (κ2) is 24.5. The molecule has 0 aliphatic carbocycles. The number of hydrogen-bond donors (Lipinski definition) is 0. The number of hydrogen-bond acceptors (Lipinski definition) is 4. The summed E-state index contributed by atoms with van der Waals surface area (Å²) in [5, 5.41) is 0. The summed E-state index contributed by atoms with van der Waals surface area (Å²) in [5.74, 6) is 0. The van der Waals surface area contributed by atoms with Crippen LogP contribution in [0.25, 0.3) is 0 Å². The topological polar surface area (TPSA) is 52.6 Å². The molecule has 0 saturated carbocycles. The van der Waals surface area contributed by atoms with E-state index in [1.54, 1.807) is 0 Å². The number of rotatable bonds is 25. The summed E-state index contributed by atoms with van der Waals surface area (Å²) in [5.41, 5.74) is 0. The van der Waals surface area contributed by atoms with Crippen molar-refractivity contribution in [3.05, 3.63) is 0 Å². The highest BCUT2D eigenvalue weighted by molar-refractivity contribution is 5.56. The fourth-order valence-corrected chi connectivity index (χ4v) is 3.73. The first-order valence-electron chi connectivity index (χ1n) is 13.0. The Morgan fingerprint density at radius 2 is 0.733 bits per heavy atom. The Morgan fingerprint density at radius 1 is 0.467 bits per heavy atom. The first-order chi connectivity index (χ1) is 14.8. The predicted molar refractivity (Wildman–Crippen MR) is 126 cm³/mol. The van der Waals surface area contributed by atoms with Gasteiger partial charge in [0.2, 0.25) is 0 Å². The van der Waals surface area contributed by atoms with E-state index >= 15 is 0 Å². The molecule has 0 bridgehead atoms. The monoisotopic (exact) mass is 426 g/mol. The van der Waals surface area contributed by atoms with Gasteiger partial charge in [-0.3, -0.25) is 0 Å². The van der Waals surface area contributed by atoms with E-state index in [0.717, 1.165) is 38.3 Å². The summed E-state index contributed by atoms with van der Waals surface area (Å²) in [6.45, 7) is 4.48. The predicted octanol–water partition coefficient (Wildman–Crippen LogP) is 7.91. The third kappa shape index (κ3) is 20.5. The van der Waals surface area contributed by atoms with Crippen LogP contribution in [0.3, 0.4) is 0 Å². The standard InChI is InChI=1S/C26H50O4/c1-3-5-7-9-11-13-15-17-19-21-25(23-27)29-30-26(24-28)22-20-18-16-14-12-10-8-6-4-2/h23-26H,3-22H2,1-2H3. The lowest BCUT2D eigenvalue weighted by Gasteiger charge is -2.15. The minimum absolute atomic E-state index is 0.555. The van der Waals surface area contributed by atoms with Crippen LogP contribution in [-0.4, -0.2) is 24.8 Å². The molecule has 0 aliphatic heterocycles. The molecule has 0 aliphatic rings. The highest BCUT2D eigenvalue weighted by Crippen LogP contribution is 2.14. The van der Waals surface area contributed by atoms with Crippen molar-refractivity contribution in [2.45, 2.75) is 154 Å². The molecule has 0 fully saturated rings. The molecule has 0 saturated heterocycles. The Morgan fingerprint density at radius 3 is 1.00 bits per heavy atom. The van der Waals surface area contributed by atoms with Crippen molar-refractivity contribution in [1.82, 2.24) is 0 Å². The van der Waals surface area contributed by atoms with E-state index in [-0.39, 0.29) is 0 Å². The molecule has 0 heterocycles. The van der Waals surface area contributed by atoms with E-state index in [2.05, 4.69) is 13.8 Å². The van der Waals surface area contributed by atoms with Crippen LogP contribution in [0.5, 0.6) is 0 Å². The van der Waals surface area contributed by atoms with Crippen LogP contribution >= 0.6 is 0 Å². The molecule has 4 heteroatoms. The van der Waals surface area contributed by atoms with Crippen LogP contribution in [0.4, 0.5) is 0 Å². The minimum atomic E-state index is -0.555. The maximum absolute atomic E-state index is 11.2. The van der Waals surface area contributed by atoms with E-state index in [4.69, 9.17) is 9.78 Å². The quantitative estimate of drug-likeness (QED) is 0.0644. The molecule has 0 rings (SSSR count). The van der Waals surface area contributed by atoms with Gasteiger partial charge in [0.15, 0.2) is 12.6 Å². The lowest BCUT2D eigenvalue weighted by Crippen LogP contribution is -2.22. The van der Waals surface area contributed by atoms with Gasteiger partial charge in [-0.15, -0.1) is 0 Å². The van der Waals surface area contributed by atoms with Crippen molar-refractivity contribution >= 4 is 12.6 Å². The Bertz CT molecular complexity index is 325. The molecule has 0 amide bonds. The average molecular weight is 427 g/mol. The van der Waals surface area contributed by atoms with Gasteiger partial charge in [0.1, 0.15) is 12.2 Å². The first-order valence-corrected chi connectivity index (χ1v) is 13.0. The summed E-state index contributed by atoms with van der Waals surface area (Å²) in [7, 11) is 0. The summed E-state index contributed by atoms with van der Waals surface area (Å²) >= 11 is 0. The Kier molecular flexibility index (Phi) is 23.9. The van der Waals surface area contributed by atoms with Gasteiger partial charge in [-0.1, -0.05) is 129 Å². The van der Waals surface area contributed by atoms with Gasteiger partial charge in [-0.2, -0.15) is 0 Å². The summed E-state index contributed by atoms with van der Waals surface area (Å²) in [6.07, 6.45) is 24.3. The molecule has 0 radical (unpaired) electrons. The third-order valence-electron chi connectivity index (χ3n) is 5.79. The van der Waals surface area contributed by atoms with E-state index < -0.39 is 12.2 Å². The van der Waals surface area contributed by atoms with Crippen LogP contribution in [0.15, 0.2) is 0 Å². The van der Waals surface area contributed by atoms with Gasteiger partial charge in [-0.25, -0.2) is 9.78 Å². The van der Waals surface area contributed by atoms with Crippen molar-refractivity contribution in [1.29, 1.82) is 0 Å². The fourth-order valence-electron chi connectivity index (χ4n) is 3.73. The maximum atomic E-state index is 11.2. The molecule has 2 atom stereocenters. The lowest BCUT2D eigenvalue weighted by atomic mass is 10.1. The molecule has 0 N–H and O–H groups in total. The Balaban J connectivity index is 3.61. The van der Waals surface area contributed by atoms with Crippen molar-refractivity contribution in [3.8, 4) is 0 Å². The van der Waals surface area contributed by atoms with Gasteiger partial charge in [-0.05, 0) is 12.8 Å². The van der Waals surface area contributed by atoms with Gasteiger partial charge in [0.05, 0.1) is 0 Å². The lowest BCUT2D eigenvalue weighted by molar-refractivity contribution is -0.333. The summed E-state index contributed by atoms with van der Waals surface area (Å²) < 4.78 is 0. The van der Waals surface area contributed by atoms with E-state index in [9.17, 15) is 9.59 Å². The SMILES string of the molecule is CCCCCCCCCCCC(C=O)OOC(C=O)CCCCCCCCCCC. The zero-order chi connectivity index (χ0) is 22.1. The summed E-state index contributed by atoms with van der Waals surface area (Å²) in [6, 6.07) is 0. The zero-order valence-electron chi connectivity index (χ0n) is 20.1. The number of carbonyl (C=O) groups excluding carboxylic acids is 2. The molecule has 30 heavy (non-hydrogen) atoms. The first kappa shape index (κ1) is 29.3. The van der Waals surface area contributed by atoms with Crippen molar-refractivity contribution in [3.63, 3.8) is 0 Å². The van der Waals surface area contributed by atoms with Crippen molar-refractivity contribution in [2.24, 2.45) is 0 Å². The molecular weight excluding hydrogens is 376 g/mol. The fraction of sp³-hybridized carbons (Fsp3) is 0.923. The highest BCUT2D eigenvalue weighted by Gasteiger charge is 2.14. The third-order valence-corrected chi connectivity index (χ3v) is 5.79. The highest BCUT2D eigenvalue weighted by atomic mass is 17.2.